The van der Waals surface area contributed by atoms with Crippen LogP contribution >= 0.6 is 12.4 Å². The molecule has 72 valence electrons. The van der Waals surface area contributed by atoms with Crippen LogP contribution in [0.5, 0.6) is 0 Å². The highest BCUT2D eigenvalue weighted by atomic mass is 35.5. The molecule has 0 saturated carbocycles. The Bertz CT molecular complexity index is 135. The molecule has 1 unspecified atom stereocenters. The predicted molar refractivity (Wildman–Crippen MR) is 49.5 cm³/mol. The van der Waals surface area contributed by atoms with Gasteiger partial charge in [0.25, 0.3) is 0 Å². The molecule has 0 aromatic rings. The highest BCUT2D eigenvalue weighted by Crippen LogP contribution is 2.07. The summed E-state index contributed by atoms with van der Waals surface area (Å²) in [5.74, 6) is -0.0906. The highest BCUT2D eigenvalue weighted by molar-refractivity contribution is 5.85. The summed E-state index contributed by atoms with van der Waals surface area (Å²) in [5.41, 5.74) is 0. The number of piperidine rings is 1. The Kier molecular flexibility index (Phi) is 6.11. The number of halogens is 1. The van der Waals surface area contributed by atoms with E-state index in [0.717, 1.165) is 19.4 Å². The van der Waals surface area contributed by atoms with Gasteiger partial charge in [-0.1, -0.05) is 6.42 Å². The molecule has 0 amide bonds. The maximum atomic E-state index is 11.1. The summed E-state index contributed by atoms with van der Waals surface area (Å²) in [6.07, 6.45) is 3.24. The van der Waals surface area contributed by atoms with Crippen molar-refractivity contribution < 1.29 is 9.53 Å². The SMILES string of the molecule is CCOC(=O)C1CCCCN1.Cl. The molecule has 1 N–H and O–H groups in total. The Balaban J connectivity index is 0.00000121. The molecular formula is C8H16ClNO2. The molecule has 1 saturated heterocycles. The van der Waals surface area contributed by atoms with E-state index < -0.39 is 0 Å². The Morgan fingerprint density at radius 1 is 1.58 bits per heavy atom. The third-order valence-corrected chi connectivity index (χ3v) is 1.88. The van der Waals surface area contributed by atoms with Crippen LogP contribution in [0.25, 0.3) is 0 Å². The van der Waals surface area contributed by atoms with Crippen molar-refractivity contribution in [2.45, 2.75) is 32.2 Å². The quantitative estimate of drug-likeness (QED) is 0.668. The van der Waals surface area contributed by atoms with E-state index in [2.05, 4.69) is 5.32 Å². The summed E-state index contributed by atoms with van der Waals surface area (Å²) >= 11 is 0. The van der Waals surface area contributed by atoms with Crippen LogP contribution in [0.4, 0.5) is 0 Å². The molecule has 0 aliphatic carbocycles. The summed E-state index contributed by atoms with van der Waals surface area (Å²) in [5, 5.41) is 3.13. The lowest BCUT2D eigenvalue weighted by atomic mass is 10.1. The topological polar surface area (TPSA) is 38.3 Å². The van der Waals surface area contributed by atoms with Gasteiger partial charge in [0.2, 0.25) is 0 Å². The van der Waals surface area contributed by atoms with Crippen LogP contribution in [-0.2, 0) is 9.53 Å². The van der Waals surface area contributed by atoms with Gasteiger partial charge < -0.3 is 10.1 Å². The van der Waals surface area contributed by atoms with Crippen molar-refractivity contribution in [3.05, 3.63) is 0 Å². The van der Waals surface area contributed by atoms with Crippen LogP contribution in [0.15, 0.2) is 0 Å². The fourth-order valence-electron chi connectivity index (χ4n) is 1.30. The number of esters is 1. The lowest BCUT2D eigenvalue weighted by molar-refractivity contribution is -0.146. The van der Waals surface area contributed by atoms with Crippen LogP contribution in [0, 0.1) is 0 Å². The van der Waals surface area contributed by atoms with Gasteiger partial charge in [-0.3, -0.25) is 4.79 Å². The number of rotatable bonds is 2. The zero-order chi connectivity index (χ0) is 8.10. The molecule has 0 radical (unpaired) electrons. The van der Waals surface area contributed by atoms with Crippen molar-refractivity contribution in [3.8, 4) is 0 Å². The lowest BCUT2D eigenvalue weighted by Crippen LogP contribution is -2.41. The number of hydrogen-bond acceptors (Lipinski definition) is 3. The minimum Gasteiger partial charge on any atom is -0.465 e. The van der Waals surface area contributed by atoms with Crippen molar-refractivity contribution >= 4 is 18.4 Å². The number of ether oxygens (including phenoxy) is 1. The molecule has 1 aliphatic heterocycles. The van der Waals surface area contributed by atoms with Gasteiger partial charge in [0.05, 0.1) is 6.61 Å². The van der Waals surface area contributed by atoms with Crippen molar-refractivity contribution in [2.75, 3.05) is 13.2 Å². The van der Waals surface area contributed by atoms with Gasteiger partial charge in [-0.25, -0.2) is 0 Å². The third kappa shape index (κ3) is 3.41. The normalized spacial score (nSPS) is 22.6. The molecule has 1 rings (SSSR count). The first kappa shape index (κ1) is 11.7. The number of carbonyl (C=O) groups is 1. The van der Waals surface area contributed by atoms with Gasteiger partial charge in [-0.2, -0.15) is 0 Å². The minimum atomic E-state index is -0.0906. The fraction of sp³-hybridized carbons (Fsp3) is 0.875. The van der Waals surface area contributed by atoms with E-state index in [-0.39, 0.29) is 24.4 Å². The smallest absolute Gasteiger partial charge is 0.323 e. The molecule has 1 atom stereocenters. The molecule has 0 aromatic carbocycles. The Hall–Kier alpha value is -0.280. The summed E-state index contributed by atoms with van der Waals surface area (Å²) in [7, 11) is 0. The van der Waals surface area contributed by atoms with Gasteiger partial charge in [0.15, 0.2) is 0 Å². The van der Waals surface area contributed by atoms with E-state index in [1.165, 1.54) is 6.42 Å². The number of hydrogen-bond donors (Lipinski definition) is 1. The minimum absolute atomic E-state index is 0. The largest absolute Gasteiger partial charge is 0.465 e. The monoisotopic (exact) mass is 193 g/mol. The van der Waals surface area contributed by atoms with E-state index >= 15 is 0 Å². The second kappa shape index (κ2) is 6.26. The number of carbonyl (C=O) groups excluding carboxylic acids is 1. The first-order valence-corrected chi connectivity index (χ1v) is 4.24. The van der Waals surface area contributed by atoms with E-state index in [9.17, 15) is 4.79 Å². The first-order chi connectivity index (χ1) is 5.34. The molecule has 12 heavy (non-hydrogen) atoms. The van der Waals surface area contributed by atoms with Gasteiger partial charge in [0, 0.05) is 0 Å². The van der Waals surface area contributed by atoms with Gasteiger partial charge in [0.1, 0.15) is 6.04 Å². The zero-order valence-corrected chi connectivity index (χ0v) is 8.15. The molecule has 4 heteroatoms. The molecule has 1 aliphatic rings. The van der Waals surface area contributed by atoms with Crippen LogP contribution < -0.4 is 5.32 Å². The maximum Gasteiger partial charge on any atom is 0.323 e. The fourth-order valence-corrected chi connectivity index (χ4v) is 1.30. The van der Waals surface area contributed by atoms with Crippen molar-refractivity contribution in [1.82, 2.24) is 5.32 Å². The summed E-state index contributed by atoms with van der Waals surface area (Å²) in [4.78, 5) is 11.1. The molecule has 0 bridgehead atoms. The third-order valence-electron chi connectivity index (χ3n) is 1.88. The molecule has 1 fully saturated rings. The summed E-state index contributed by atoms with van der Waals surface area (Å²) in [6.45, 7) is 3.27. The van der Waals surface area contributed by atoms with E-state index in [1.807, 2.05) is 6.92 Å². The second-order valence-electron chi connectivity index (χ2n) is 2.75. The van der Waals surface area contributed by atoms with E-state index in [1.54, 1.807) is 0 Å². The van der Waals surface area contributed by atoms with E-state index in [4.69, 9.17) is 4.74 Å². The van der Waals surface area contributed by atoms with Crippen molar-refractivity contribution in [1.29, 1.82) is 0 Å². The molecular weight excluding hydrogens is 178 g/mol. The van der Waals surface area contributed by atoms with Gasteiger partial charge >= 0.3 is 5.97 Å². The summed E-state index contributed by atoms with van der Waals surface area (Å²) in [6, 6.07) is -0.0382. The summed E-state index contributed by atoms with van der Waals surface area (Å²) < 4.78 is 4.88. The second-order valence-corrected chi connectivity index (χ2v) is 2.75. The van der Waals surface area contributed by atoms with Crippen molar-refractivity contribution in [3.63, 3.8) is 0 Å². The zero-order valence-electron chi connectivity index (χ0n) is 7.34. The molecule has 0 spiro atoms. The lowest BCUT2D eigenvalue weighted by Gasteiger charge is -2.21. The Morgan fingerprint density at radius 3 is 2.83 bits per heavy atom. The maximum absolute atomic E-state index is 11.1. The van der Waals surface area contributed by atoms with Crippen LogP contribution in [0.1, 0.15) is 26.2 Å². The predicted octanol–water partition coefficient (Wildman–Crippen LogP) is 1.11. The highest BCUT2D eigenvalue weighted by Gasteiger charge is 2.20. The van der Waals surface area contributed by atoms with Crippen molar-refractivity contribution in [2.24, 2.45) is 0 Å². The first-order valence-electron chi connectivity index (χ1n) is 4.24. The molecule has 3 nitrogen and oxygen atoms in total. The van der Waals surface area contributed by atoms with Crippen LogP contribution in [0.3, 0.4) is 0 Å². The van der Waals surface area contributed by atoms with Crippen LogP contribution in [-0.4, -0.2) is 25.2 Å². The number of nitrogens with one attached hydrogen (secondary N) is 1. The average Bonchev–Trinajstić information content (AvgIpc) is 2.07. The Labute approximate surface area is 79.3 Å². The van der Waals surface area contributed by atoms with Gasteiger partial charge in [-0.05, 0) is 26.3 Å². The molecule has 1 heterocycles. The van der Waals surface area contributed by atoms with E-state index in [0.29, 0.717) is 6.61 Å². The average molecular weight is 194 g/mol. The standard InChI is InChI=1S/C8H15NO2.ClH/c1-2-11-8(10)7-5-3-4-6-9-7;/h7,9H,2-6H2,1H3;1H. The van der Waals surface area contributed by atoms with Crippen LogP contribution in [0.2, 0.25) is 0 Å². The van der Waals surface area contributed by atoms with Gasteiger partial charge in [-0.15, -0.1) is 12.4 Å². The molecule has 0 aromatic heterocycles. The Morgan fingerprint density at radius 2 is 2.33 bits per heavy atom.